The van der Waals surface area contributed by atoms with Crippen LogP contribution < -0.4 is 0 Å². The lowest BCUT2D eigenvalue weighted by Gasteiger charge is -2.24. The molecule has 0 heterocycles. The Kier molecular flexibility index (Phi) is 4.47. The zero-order valence-electron chi connectivity index (χ0n) is 10.6. The van der Waals surface area contributed by atoms with Crippen LogP contribution in [-0.2, 0) is 19.8 Å². The van der Waals surface area contributed by atoms with Crippen LogP contribution in [-0.4, -0.2) is 21.3 Å². The topological polar surface area (TPSA) is 27.7 Å². The van der Waals surface area contributed by atoms with Crippen molar-refractivity contribution in [2.75, 3.05) is 21.3 Å². The Balaban J connectivity index is 2.90. The summed E-state index contributed by atoms with van der Waals surface area (Å²) in [7, 11) is 4.96. The van der Waals surface area contributed by atoms with E-state index in [-0.39, 0.29) is 11.9 Å². The van der Waals surface area contributed by atoms with Crippen LogP contribution in [0.3, 0.4) is 0 Å². The van der Waals surface area contributed by atoms with Gasteiger partial charge in [0.15, 0.2) is 6.29 Å². The maximum Gasteiger partial charge on any atom is 0.183 e. The summed E-state index contributed by atoms with van der Waals surface area (Å²) in [4.78, 5) is 0. The molecule has 0 aliphatic heterocycles. The van der Waals surface area contributed by atoms with E-state index < -0.39 is 0 Å². The van der Waals surface area contributed by atoms with Gasteiger partial charge >= 0.3 is 0 Å². The van der Waals surface area contributed by atoms with Crippen LogP contribution >= 0.6 is 0 Å². The van der Waals surface area contributed by atoms with Crippen molar-refractivity contribution in [1.29, 1.82) is 0 Å². The Morgan fingerprint density at radius 1 is 0.938 bits per heavy atom. The van der Waals surface area contributed by atoms with Crippen molar-refractivity contribution in [3.05, 3.63) is 35.4 Å². The van der Waals surface area contributed by atoms with Gasteiger partial charge in [-0.2, -0.15) is 0 Å². The van der Waals surface area contributed by atoms with E-state index in [1.807, 2.05) is 38.1 Å². The van der Waals surface area contributed by atoms with Crippen molar-refractivity contribution in [2.45, 2.75) is 25.7 Å². The van der Waals surface area contributed by atoms with E-state index in [2.05, 4.69) is 0 Å². The van der Waals surface area contributed by atoms with Gasteiger partial charge in [0.2, 0.25) is 0 Å². The quantitative estimate of drug-likeness (QED) is 0.720. The second-order valence-corrected chi connectivity index (χ2v) is 4.14. The summed E-state index contributed by atoms with van der Waals surface area (Å²) in [5.74, 6) is 0. The van der Waals surface area contributed by atoms with Crippen LogP contribution in [0.2, 0.25) is 0 Å². The molecule has 1 aromatic rings. The lowest BCUT2D eigenvalue weighted by Crippen LogP contribution is -2.19. The third-order valence-corrected chi connectivity index (χ3v) is 2.82. The van der Waals surface area contributed by atoms with Crippen molar-refractivity contribution in [2.24, 2.45) is 0 Å². The average molecular weight is 224 g/mol. The molecule has 0 aliphatic carbocycles. The zero-order chi connectivity index (χ0) is 12.2. The molecule has 0 aliphatic rings. The molecule has 3 heteroatoms. The van der Waals surface area contributed by atoms with Gasteiger partial charge in [-0.1, -0.05) is 24.3 Å². The van der Waals surface area contributed by atoms with Gasteiger partial charge in [-0.15, -0.1) is 0 Å². The third-order valence-electron chi connectivity index (χ3n) is 2.82. The Morgan fingerprint density at radius 2 is 1.44 bits per heavy atom. The highest BCUT2D eigenvalue weighted by atomic mass is 16.7. The minimum Gasteiger partial charge on any atom is -0.374 e. The average Bonchev–Trinajstić information content (AvgIpc) is 2.31. The van der Waals surface area contributed by atoms with E-state index >= 15 is 0 Å². The van der Waals surface area contributed by atoms with Gasteiger partial charge in [0.1, 0.15) is 0 Å². The number of rotatable bonds is 5. The van der Waals surface area contributed by atoms with Crippen molar-refractivity contribution in [3.63, 3.8) is 0 Å². The largest absolute Gasteiger partial charge is 0.374 e. The number of methoxy groups -OCH3 is 3. The molecular weight excluding hydrogens is 204 g/mol. The third kappa shape index (κ3) is 2.82. The second-order valence-electron chi connectivity index (χ2n) is 4.14. The van der Waals surface area contributed by atoms with Crippen LogP contribution in [0, 0.1) is 0 Å². The molecule has 0 atom stereocenters. The Bertz CT molecular complexity index is 312. The first-order chi connectivity index (χ1) is 7.55. The maximum atomic E-state index is 5.41. The molecular formula is C13H20O3. The molecule has 0 aromatic heterocycles. The summed E-state index contributed by atoms with van der Waals surface area (Å²) in [6.07, 6.45) is -0.306. The number of ether oxygens (including phenoxy) is 3. The standard InChI is InChI=1S/C13H20O3/c1-13(2,16-5)11-8-6-10(7-9-11)12(14-3)15-4/h6-9,12H,1-5H3. The molecule has 0 fully saturated rings. The van der Waals surface area contributed by atoms with E-state index in [9.17, 15) is 0 Å². The highest BCUT2D eigenvalue weighted by molar-refractivity contribution is 5.27. The van der Waals surface area contributed by atoms with E-state index in [4.69, 9.17) is 14.2 Å². The minimum absolute atomic E-state index is 0.270. The molecule has 0 amide bonds. The smallest absolute Gasteiger partial charge is 0.183 e. The highest BCUT2D eigenvalue weighted by Gasteiger charge is 2.19. The van der Waals surface area contributed by atoms with Crippen LogP contribution in [0.1, 0.15) is 31.3 Å². The Morgan fingerprint density at radius 3 is 1.81 bits per heavy atom. The summed E-state index contributed by atoms with van der Waals surface area (Å²) < 4.78 is 15.8. The molecule has 0 bridgehead atoms. The van der Waals surface area contributed by atoms with Gasteiger partial charge in [0.05, 0.1) is 5.60 Å². The zero-order valence-corrected chi connectivity index (χ0v) is 10.6. The van der Waals surface area contributed by atoms with Crippen LogP contribution in [0.5, 0.6) is 0 Å². The summed E-state index contributed by atoms with van der Waals surface area (Å²) in [5.41, 5.74) is 1.86. The summed E-state index contributed by atoms with van der Waals surface area (Å²) in [6, 6.07) is 8.05. The number of hydrogen-bond acceptors (Lipinski definition) is 3. The predicted molar refractivity (Wildman–Crippen MR) is 63.2 cm³/mol. The molecule has 1 rings (SSSR count). The van der Waals surface area contributed by atoms with Crippen molar-refractivity contribution >= 4 is 0 Å². The molecule has 1 aromatic carbocycles. The predicted octanol–water partition coefficient (Wildman–Crippen LogP) is 2.86. The fourth-order valence-corrected chi connectivity index (χ4v) is 1.53. The van der Waals surface area contributed by atoms with Gasteiger partial charge < -0.3 is 14.2 Å². The normalized spacial score (nSPS) is 12.1. The van der Waals surface area contributed by atoms with Crippen molar-refractivity contribution in [3.8, 4) is 0 Å². The number of benzene rings is 1. The van der Waals surface area contributed by atoms with Gasteiger partial charge in [0, 0.05) is 26.9 Å². The molecule has 0 radical (unpaired) electrons. The van der Waals surface area contributed by atoms with E-state index in [0.29, 0.717) is 0 Å². The SMILES string of the molecule is COC(OC)c1ccc(C(C)(C)OC)cc1. The summed E-state index contributed by atoms with van der Waals surface area (Å²) in [6.45, 7) is 4.07. The molecule has 0 saturated heterocycles. The van der Waals surface area contributed by atoms with Crippen LogP contribution in [0.15, 0.2) is 24.3 Å². The lowest BCUT2D eigenvalue weighted by atomic mass is 9.97. The maximum absolute atomic E-state index is 5.41. The molecule has 0 saturated carbocycles. The fraction of sp³-hybridized carbons (Fsp3) is 0.538. The van der Waals surface area contributed by atoms with E-state index in [1.165, 1.54) is 0 Å². The molecule has 16 heavy (non-hydrogen) atoms. The minimum atomic E-state index is -0.306. The van der Waals surface area contributed by atoms with Crippen molar-refractivity contribution in [1.82, 2.24) is 0 Å². The van der Waals surface area contributed by atoms with E-state index in [1.54, 1.807) is 21.3 Å². The van der Waals surface area contributed by atoms with Gasteiger partial charge in [-0.05, 0) is 19.4 Å². The first kappa shape index (κ1) is 13.2. The Hall–Kier alpha value is -0.900. The Labute approximate surface area is 97.3 Å². The van der Waals surface area contributed by atoms with E-state index in [0.717, 1.165) is 11.1 Å². The summed E-state index contributed by atoms with van der Waals surface area (Å²) in [5, 5.41) is 0. The fourth-order valence-electron chi connectivity index (χ4n) is 1.53. The number of hydrogen-bond donors (Lipinski definition) is 0. The molecule has 0 unspecified atom stereocenters. The monoisotopic (exact) mass is 224 g/mol. The first-order valence-electron chi connectivity index (χ1n) is 5.26. The lowest BCUT2D eigenvalue weighted by molar-refractivity contribution is -0.106. The summed E-state index contributed by atoms with van der Waals surface area (Å²) >= 11 is 0. The van der Waals surface area contributed by atoms with Crippen molar-refractivity contribution < 1.29 is 14.2 Å². The van der Waals surface area contributed by atoms with Crippen LogP contribution in [0.4, 0.5) is 0 Å². The molecule has 3 nitrogen and oxygen atoms in total. The highest BCUT2D eigenvalue weighted by Crippen LogP contribution is 2.26. The molecule has 0 spiro atoms. The first-order valence-corrected chi connectivity index (χ1v) is 5.26. The van der Waals surface area contributed by atoms with Gasteiger partial charge in [-0.25, -0.2) is 0 Å². The van der Waals surface area contributed by atoms with Gasteiger partial charge in [0.25, 0.3) is 0 Å². The van der Waals surface area contributed by atoms with Gasteiger partial charge in [-0.3, -0.25) is 0 Å². The molecule has 90 valence electrons. The second kappa shape index (κ2) is 5.43. The van der Waals surface area contributed by atoms with Crippen LogP contribution in [0.25, 0.3) is 0 Å². The molecule has 0 N–H and O–H groups in total.